The highest BCUT2D eigenvalue weighted by Gasteiger charge is 2.05. The molecule has 1 aromatic carbocycles. The van der Waals surface area contributed by atoms with Crippen LogP contribution in [0.15, 0.2) is 41.0 Å². The third kappa shape index (κ3) is 2.76. The number of aromatic nitrogens is 1. The van der Waals surface area contributed by atoms with Crippen LogP contribution in [0.1, 0.15) is 5.56 Å². The second-order valence-corrected chi connectivity index (χ2v) is 4.55. The third-order valence-corrected chi connectivity index (χ3v) is 3.00. The smallest absolute Gasteiger partial charge is 0.148 e. The van der Waals surface area contributed by atoms with Crippen molar-refractivity contribution in [3.8, 4) is 6.07 Å². The molecule has 0 saturated carbocycles. The molecule has 1 N–H and O–H groups in total. The van der Waals surface area contributed by atoms with Gasteiger partial charge < -0.3 is 5.32 Å². The molecule has 2 rings (SSSR count). The first-order valence-electron chi connectivity index (χ1n) is 4.78. The summed E-state index contributed by atoms with van der Waals surface area (Å²) >= 11 is 9.25. The molecule has 0 unspecified atom stereocenters. The minimum atomic E-state index is 0.495. The second kappa shape index (κ2) is 5.17. The molecule has 0 aliphatic rings. The molecule has 0 bridgehead atoms. The fourth-order valence-corrected chi connectivity index (χ4v) is 2.10. The van der Waals surface area contributed by atoms with Gasteiger partial charge in [-0.05, 0) is 46.3 Å². The molecule has 5 heteroatoms. The van der Waals surface area contributed by atoms with Crippen molar-refractivity contribution in [1.82, 2.24) is 4.98 Å². The Hall–Kier alpha value is -1.57. The molecule has 0 fully saturated rings. The molecule has 0 saturated heterocycles. The summed E-state index contributed by atoms with van der Waals surface area (Å²) in [5.41, 5.74) is 1.30. The number of benzene rings is 1. The lowest BCUT2D eigenvalue weighted by Gasteiger charge is -2.08. The first-order valence-corrected chi connectivity index (χ1v) is 5.95. The summed E-state index contributed by atoms with van der Waals surface area (Å²) in [5, 5.41) is 12.7. The van der Waals surface area contributed by atoms with E-state index in [0.717, 1.165) is 10.2 Å². The zero-order valence-corrected chi connectivity index (χ0v) is 11.0. The number of nitriles is 1. The maximum atomic E-state index is 8.95. The second-order valence-electron chi connectivity index (χ2n) is 3.26. The molecule has 84 valence electrons. The molecular weight excluding hydrogens is 302 g/mol. The van der Waals surface area contributed by atoms with Gasteiger partial charge in [0, 0.05) is 15.7 Å². The van der Waals surface area contributed by atoms with Gasteiger partial charge in [-0.1, -0.05) is 11.6 Å². The Balaban J connectivity index is 2.35. The number of anilines is 2. The summed E-state index contributed by atoms with van der Waals surface area (Å²) in [5.74, 6) is 0.526. The highest BCUT2D eigenvalue weighted by atomic mass is 79.9. The van der Waals surface area contributed by atoms with Gasteiger partial charge in [-0.15, -0.1) is 0 Å². The number of pyridine rings is 1. The van der Waals surface area contributed by atoms with E-state index in [-0.39, 0.29) is 0 Å². The third-order valence-electron chi connectivity index (χ3n) is 2.11. The van der Waals surface area contributed by atoms with Crippen molar-refractivity contribution < 1.29 is 0 Å². The summed E-state index contributed by atoms with van der Waals surface area (Å²) < 4.78 is 0.819. The molecule has 0 aliphatic carbocycles. The molecule has 0 amide bonds. The quantitative estimate of drug-likeness (QED) is 0.908. The molecule has 17 heavy (non-hydrogen) atoms. The SMILES string of the molecule is N#Cc1cccnc1Nc1ccc(Cl)cc1Br. The largest absolute Gasteiger partial charge is 0.338 e. The summed E-state index contributed by atoms with van der Waals surface area (Å²) in [6.45, 7) is 0. The maximum Gasteiger partial charge on any atom is 0.148 e. The van der Waals surface area contributed by atoms with Crippen LogP contribution in [-0.2, 0) is 0 Å². The number of halogens is 2. The number of rotatable bonds is 2. The zero-order valence-electron chi connectivity index (χ0n) is 8.61. The van der Waals surface area contributed by atoms with Gasteiger partial charge in [-0.3, -0.25) is 0 Å². The molecule has 1 aromatic heterocycles. The van der Waals surface area contributed by atoms with Crippen LogP contribution in [0.2, 0.25) is 5.02 Å². The number of nitrogens with zero attached hydrogens (tertiary/aromatic N) is 2. The fourth-order valence-electron chi connectivity index (χ4n) is 1.31. The first-order chi connectivity index (χ1) is 8.20. The lowest BCUT2D eigenvalue weighted by molar-refractivity contribution is 1.28. The van der Waals surface area contributed by atoms with Crippen LogP contribution in [0.4, 0.5) is 11.5 Å². The fraction of sp³-hybridized carbons (Fsp3) is 0. The zero-order chi connectivity index (χ0) is 12.3. The number of hydrogen-bond donors (Lipinski definition) is 1. The monoisotopic (exact) mass is 307 g/mol. The molecule has 0 radical (unpaired) electrons. The van der Waals surface area contributed by atoms with Crippen molar-refractivity contribution in [2.24, 2.45) is 0 Å². The van der Waals surface area contributed by atoms with E-state index in [2.05, 4.69) is 32.3 Å². The van der Waals surface area contributed by atoms with Crippen LogP contribution in [0.5, 0.6) is 0 Å². The van der Waals surface area contributed by atoms with E-state index in [0.29, 0.717) is 16.4 Å². The summed E-state index contributed by atoms with van der Waals surface area (Å²) in [6, 6.07) is 10.9. The summed E-state index contributed by atoms with van der Waals surface area (Å²) in [6.07, 6.45) is 1.63. The van der Waals surface area contributed by atoms with Gasteiger partial charge in [-0.25, -0.2) is 4.98 Å². The Morgan fingerprint density at radius 3 is 2.88 bits per heavy atom. The molecule has 0 atom stereocenters. The lowest BCUT2D eigenvalue weighted by atomic mass is 10.2. The van der Waals surface area contributed by atoms with Crippen LogP contribution in [-0.4, -0.2) is 4.98 Å². The highest BCUT2D eigenvalue weighted by molar-refractivity contribution is 9.10. The van der Waals surface area contributed by atoms with Gasteiger partial charge in [0.25, 0.3) is 0 Å². The Morgan fingerprint density at radius 2 is 2.18 bits per heavy atom. The lowest BCUT2D eigenvalue weighted by Crippen LogP contribution is -1.96. The van der Waals surface area contributed by atoms with Crippen LogP contribution in [0.25, 0.3) is 0 Å². The van der Waals surface area contributed by atoms with E-state index in [1.807, 2.05) is 6.07 Å². The molecular formula is C12H7BrClN3. The van der Waals surface area contributed by atoms with E-state index >= 15 is 0 Å². The van der Waals surface area contributed by atoms with Gasteiger partial charge in [0.2, 0.25) is 0 Å². The van der Waals surface area contributed by atoms with Gasteiger partial charge in [-0.2, -0.15) is 5.26 Å². The Morgan fingerprint density at radius 1 is 1.35 bits per heavy atom. The molecule has 3 nitrogen and oxygen atoms in total. The van der Waals surface area contributed by atoms with Crippen molar-refractivity contribution in [2.45, 2.75) is 0 Å². The predicted molar refractivity (Wildman–Crippen MR) is 71.4 cm³/mol. The minimum absolute atomic E-state index is 0.495. The molecule has 1 heterocycles. The van der Waals surface area contributed by atoms with E-state index < -0.39 is 0 Å². The molecule has 2 aromatic rings. The predicted octanol–water partition coefficient (Wildman–Crippen LogP) is 4.11. The van der Waals surface area contributed by atoms with Gasteiger partial charge in [0.1, 0.15) is 11.9 Å². The van der Waals surface area contributed by atoms with Crippen LogP contribution < -0.4 is 5.32 Å². The van der Waals surface area contributed by atoms with Crippen molar-refractivity contribution in [1.29, 1.82) is 5.26 Å². The van der Waals surface area contributed by atoms with E-state index in [1.165, 1.54) is 0 Å². The van der Waals surface area contributed by atoms with Gasteiger partial charge >= 0.3 is 0 Å². The van der Waals surface area contributed by atoms with E-state index in [4.69, 9.17) is 16.9 Å². The topological polar surface area (TPSA) is 48.7 Å². The first kappa shape index (κ1) is 11.9. The van der Waals surface area contributed by atoms with Crippen LogP contribution >= 0.6 is 27.5 Å². The standard InChI is InChI=1S/C12H7BrClN3/c13-10-6-9(14)3-4-11(10)17-12-8(7-15)2-1-5-16-12/h1-6H,(H,16,17). The van der Waals surface area contributed by atoms with Crippen LogP contribution in [0, 0.1) is 11.3 Å². The highest BCUT2D eigenvalue weighted by Crippen LogP contribution is 2.28. The van der Waals surface area contributed by atoms with Gasteiger partial charge in [0.05, 0.1) is 11.3 Å². The van der Waals surface area contributed by atoms with E-state index in [9.17, 15) is 0 Å². The van der Waals surface area contributed by atoms with Crippen molar-refractivity contribution in [2.75, 3.05) is 5.32 Å². The Labute approximate surface area is 112 Å². The normalized spacial score (nSPS) is 9.71. The summed E-state index contributed by atoms with van der Waals surface area (Å²) in [4.78, 5) is 4.12. The van der Waals surface area contributed by atoms with Crippen molar-refractivity contribution >= 4 is 39.0 Å². The Kier molecular flexibility index (Phi) is 3.62. The van der Waals surface area contributed by atoms with Crippen LogP contribution in [0.3, 0.4) is 0 Å². The maximum absolute atomic E-state index is 8.95. The van der Waals surface area contributed by atoms with E-state index in [1.54, 1.807) is 30.5 Å². The van der Waals surface area contributed by atoms with Crippen molar-refractivity contribution in [3.63, 3.8) is 0 Å². The number of nitrogens with one attached hydrogen (secondary N) is 1. The van der Waals surface area contributed by atoms with Crippen molar-refractivity contribution in [3.05, 3.63) is 51.6 Å². The summed E-state index contributed by atoms with van der Waals surface area (Å²) in [7, 11) is 0. The minimum Gasteiger partial charge on any atom is -0.338 e. The molecule has 0 aliphatic heterocycles. The average Bonchev–Trinajstić information content (AvgIpc) is 2.33. The molecule has 0 spiro atoms. The van der Waals surface area contributed by atoms with Gasteiger partial charge in [0.15, 0.2) is 0 Å². The Bertz CT molecular complexity index is 593. The number of hydrogen-bond acceptors (Lipinski definition) is 3. The average molecular weight is 309 g/mol.